The summed E-state index contributed by atoms with van der Waals surface area (Å²) in [4.78, 5) is 25.0. The molecular formula is C23H28N4O4S. The number of rotatable bonds is 6. The summed E-state index contributed by atoms with van der Waals surface area (Å²) < 4.78 is 24.7. The lowest BCUT2D eigenvalue weighted by Crippen LogP contribution is -2.36. The van der Waals surface area contributed by atoms with Crippen LogP contribution in [0.15, 0.2) is 41.6 Å². The Kier molecular flexibility index (Phi) is 6.30. The summed E-state index contributed by atoms with van der Waals surface area (Å²) in [6.45, 7) is 3.72. The molecule has 170 valence electrons. The zero-order valence-electron chi connectivity index (χ0n) is 18.2. The Bertz CT molecular complexity index is 1220. The minimum absolute atomic E-state index is 0.0696. The Labute approximate surface area is 187 Å². The van der Waals surface area contributed by atoms with Gasteiger partial charge in [0.2, 0.25) is 0 Å². The predicted molar refractivity (Wildman–Crippen MR) is 122 cm³/mol. The monoisotopic (exact) mass is 456 g/mol. The molecule has 1 aliphatic rings. The van der Waals surface area contributed by atoms with Gasteiger partial charge in [0.1, 0.15) is 5.52 Å². The molecule has 0 bridgehead atoms. The highest BCUT2D eigenvalue weighted by atomic mass is 32.2. The van der Waals surface area contributed by atoms with Crippen LogP contribution in [0.1, 0.15) is 49.9 Å². The molecule has 1 aliphatic carbocycles. The summed E-state index contributed by atoms with van der Waals surface area (Å²) in [5, 5.41) is 12.5. The van der Waals surface area contributed by atoms with Crippen LogP contribution in [0.25, 0.3) is 22.4 Å². The highest BCUT2D eigenvalue weighted by Crippen LogP contribution is 2.25. The molecule has 32 heavy (non-hydrogen) atoms. The number of benzene rings is 1. The molecule has 2 aromatic heterocycles. The molecule has 9 heteroatoms. The molecule has 2 unspecified atom stereocenters. The highest BCUT2D eigenvalue weighted by Gasteiger charge is 2.24. The maximum absolute atomic E-state index is 12.8. The van der Waals surface area contributed by atoms with Gasteiger partial charge in [-0.25, -0.2) is 18.4 Å². The topological polar surface area (TPSA) is 125 Å². The van der Waals surface area contributed by atoms with E-state index < -0.39 is 15.1 Å². The minimum atomic E-state index is -3.35. The lowest BCUT2D eigenvalue weighted by Gasteiger charge is -2.27. The average molecular weight is 457 g/mol. The molecule has 3 N–H and O–H groups in total. The first-order valence-corrected chi connectivity index (χ1v) is 12.5. The molecular weight excluding hydrogens is 428 g/mol. The van der Waals surface area contributed by atoms with E-state index in [0.717, 1.165) is 25.7 Å². The van der Waals surface area contributed by atoms with Crippen LogP contribution in [0, 0.1) is 5.92 Å². The van der Waals surface area contributed by atoms with Crippen molar-refractivity contribution in [2.75, 3.05) is 6.54 Å². The molecule has 8 nitrogen and oxygen atoms in total. The fourth-order valence-electron chi connectivity index (χ4n) is 4.04. The van der Waals surface area contributed by atoms with Crippen molar-refractivity contribution < 1.29 is 18.3 Å². The number of H-pyrrole nitrogens is 1. The summed E-state index contributed by atoms with van der Waals surface area (Å²) in [5.74, 6) is -0.195. The number of sulfone groups is 1. The van der Waals surface area contributed by atoms with Crippen molar-refractivity contribution >= 4 is 26.9 Å². The van der Waals surface area contributed by atoms with Crippen molar-refractivity contribution in [1.29, 1.82) is 0 Å². The number of fused-ring (bicyclic) bond motifs is 1. The van der Waals surface area contributed by atoms with Crippen molar-refractivity contribution in [3.8, 4) is 11.3 Å². The third kappa shape index (κ3) is 4.40. The quantitative estimate of drug-likeness (QED) is 0.523. The van der Waals surface area contributed by atoms with Gasteiger partial charge in [-0.15, -0.1) is 0 Å². The molecule has 1 saturated carbocycles. The van der Waals surface area contributed by atoms with Crippen LogP contribution in [-0.2, 0) is 9.84 Å². The van der Waals surface area contributed by atoms with Gasteiger partial charge >= 0.3 is 0 Å². The number of aromatic nitrogens is 3. The van der Waals surface area contributed by atoms with Crippen molar-refractivity contribution in [2.45, 2.75) is 55.8 Å². The maximum atomic E-state index is 12.8. The first kappa shape index (κ1) is 22.4. The number of nitrogens with one attached hydrogen (secondary N) is 2. The number of carbonyl (C=O) groups excluding carboxylic acids is 1. The van der Waals surface area contributed by atoms with Crippen molar-refractivity contribution in [1.82, 2.24) is 20.3 Å². The van der Waals surface area contributed by atoms with Crippen LogP contribution in [0.3, 0.4) is 0 Å². The number of aromatic amines is 1. The van der Waals surface area contributed by atoms with Gasteiger partial charge in [-0.2, -0.15) is 0 Å². The number of aliphatic hydroxyl groups is 1. The zero-order chi connectivity index (χ0) is 22.9. The Morgan fingerprint density at radius 3 is 2.62 bits per heavy atom. The predicted octanol–water partition coefficient (Wildman–Crippen LogP) is 3.09. The van der Waals surface area contributed by atoms with E-state index in [2.05, 4.69) is 20.3 Å². The van der Waals surface area contributed by atoms with Crippen LogP contribution in [0.5, 0.6) is 0 Å². The Hall–Kier alpha value is -2.78. The standard InChI is InChI=1S/C23H28N4O4S/c1-14(2)32(30,31)17-9-7-15(8-10-17)19-13-25-22-21(27-19)18(12-24-22)23(29)26-11-16-5-3-4-6-20(16)28/h7-10,12-14,16,20,28H,3-6,11H2,1-2H3,(H,24,25)(H,26,29). The molecule has 0 radical (unpaired) electrons. The molecule has 0 spiro atoms. The van der Waals surface area contributed by atoms with Gasteiger partial charge in [0.15, 0.2) is 15.5 Å². The van der Waals surface area contributed by atoms with Crippen molar-refractivity contribution in [2.24, 2.45) is 5.92 Å². The highest BCUT2D eigenvalue weighted by molar-refractivity contribution is 7.92. The van der Waals surface area contributed by atoms with Crippen molar-refractivity contribution in [3.63, 3.8) is 0 Å². The number of amides is 1. The van der Waals surface area contributed by atoms with E-state index in [0.29, 0.717) is 34.5 Å². The Morgan fingerprint density at radius 2 is 1.94 bits per heavy atom. The van der Waals surface area contributed by atoms with Gasteiger partial charge in [-0.05, 0) is 38.8 Å². The number of aliphatic hydroxyl groups excluding tert-OH is 1. The van der Waals surface area contributed by atoms with E-state index >= 15 is 0 Å². The summed E-state index contributed by atoms with van der Waals surface area (Å²) in [7, 11) is -3.35. The fourth-order valence-corrected chi connectivity index (χ4v) is 5.10. The molecule has 1 fully saturated rings. The first-order valence-electron chi connectivity index (χ1n) is 10.9. The molecule has 4 rings (SSSR count). The molecule has 1 aromatic carbocycles. The smallest absolute Gasteiger partial charge is 0.255 e. The minimum Gasteiger partial charge on any atom is -0.393 e. The molecule has 0 aliphatic heterocycles. The number of hydrogen-bond acceptors (Lipinski definition) is 6. The van der Waals surface area contributed by atoms with Gasteiger partial charge in [-0.3, -0.25) is 4.79 Å². The van der Waals surface area contributed by atoms with E-state index in [1.165, 1.54) is 0 Å². The summed E-state index contributed by atoms with van der Waals surface area (Å²) in [6.07, 6.45) is 6.57. The van der Waals surface area contributed by atoms with E-state index in [1.807, 2.05) is 0 Å². The molecule has 0 saturated heterocycles. The fraction of sp³-hybridized carbons (Fsp3) is 0.435. The van der Waals surface area contributed by atoms with Gasteiger partial charge in [0.25, 0.3) is 5.91 Å². The molecule has 3 aromatic rings. The second kappa shape index (κ2) is 8.99. The lowest BCUT2D eigenvalue weighted by molar-refractivity contribution is 0.0663. The summed E-state index contributed by atoms with van der Waals surface area (Å²) in [5.41, 5.74) is 2.58. The molecule has 2 atom stereocenters. The first-order chi connectivity index (χ1) is 15.3. The van der Waals surface area contributed by atoms with Crippen LogP contribution >= 0.6 is 0 Å². The van der Waals surface area contributed by atoms with Gasteiger partial charge in [0.05, 0.1) is 33.7 Å². The summed E-state index contributed by atoms with van der Waals surface area (Å²) in [6, 6.07) is 6.53. The van der Waals surface area contributed by atoms with E-state index in [4.69, 9.17) is 0 Å². The van der Waals surface area contributed by atoms with Gasteiger partial charge in [0, 0.05) is 24.2 Å². The van der Waals surface area contributed by atoms with E-state index in [1.54, 1.807) is 50.5 Å². The van der Waals surface area contributed by atoms with Gasteiger partial charge < -0.3 is 15.4 Å². The number of hydrogen-bond donors (Lipinski definition) is 3. The Morgan fingerprint density at radius 1 is 1.22 bits per heavy atom. The van der Waals surface area contributed by atoms with Crippen LogP contribution < -0.4 is 5.32 Å². The average Bonchev–Trinajstić information content (AvgIpc) is 3.21. The van der Waals surface area contributed by atoms with Crippen LogP contribution in [-0.4, -0.2) is 52.3 Å². The zero-order valence-corrected chi connectivity index (χ0v) is 19.0. The maximum Gasteiger partial charge on any atom is 0.255 e. The third-order valence-corrected chi connectivity index (χ3v) is 8.29. The van der Waals surface area contributed by atoms with Crippen LogP contribution in [0.4, 0.5) is 0 Å². The van der Waals surface area contributed by atoms with E-state index in [-0.39, 0.29) is 22.8 Å². The second-order valence-electron chi connectivity index (χ2n) is 8.59. The largest absolute Gasteiger partial charge is 0.393 e. The number of nitrogens with zero attached hydrogens (tertiary/aromatic N) is 2. The lowest BCUT2D eigenvalue weighted by atomic mass is 9.86. The van der Waals surface area contributed by atoms with E-state index in [9.17, 15) is 18.3 Å². The van der Waals surface area contributed by atoms with Gasteiger partial charge in [-0.1, -0.05) is 25.0 Å². The molecule has 2 heterocycles. The SMILES string of the molecule is CC(C)S(=O)(=O)c1ccc(-c2cnc3[nH]cc(C(=O)NCC4CCCCC4O)c3n2)cc1. The summed E-state index contributed by atoms with van der Waals surface area (Å²) >= 11 is 0. The van der Waals surface area contributed by atoms with Crippen LogP contribution in [0.2, 0.25) is 0 Å². The Balaban J connectivity index is 1.55. The van der Waals surface area contributed by atoms with Crippen molar-refractivity contribution in [3.05, 3.63) is 42.2 Å². The molecule has 1 amide bonds. The third-order valence-electron chi connectivity index (χ3n) is 6.12. The second-order valence-corrected chi connectivity index (χ2v) is 11.1. The normalized spacial score (nSPS) is 19.4. The number of carbonyl (C=O) groups is 1.